The summed E-state index contributed by atoms with van der Waals surface area (Å²) in [4.78, 5) is 12.9. The lowest BCUT2D eigenvalue weighted by Gasteiger charge is -2.09. The Morgan fingerprint density at radius 3 is 1.56 bits per heavy atom. The molecule has 6 heteroatoms. The molecule has 0 amide bonds. The van der Waals surface area contributed by atoms with Gasteiger partial charge in [0.05, 0.1) is 18.8 Å². The summed E-state index contributed by atoms with van der Waals surface area (Å²) in [6.07, 6.45) is 0.454. The van der Waals surface area contributed by atoms with E-state index >= 15 is 0 Å². The molecule has 0 aromatic heterocycles. The van der Waals surface area contributed by atoms with Crippen LogP contribution in [0.4, 0.5) is 0 Å². The molecule has 2 unspecified atom stereocenters. The monoisotopic (exact) mass is 544 g/mol. The summed E-state index contributed by atoms with van der Waals surface area (Å²) in [5, 5.41) is 1.94. The first-order valence-electron chi connectivity index (χ1n) is 13.7. The molecule has 7 rings (SSSR count). The van der Waals surface area contributed by atoms with Gasteiger partial charge in [-0.25, -0.2) is 4.79 Å². The lowest BCUT2D eigenvalue weighted by molar-refractivity contribution is 0.0735. The van der Waals surface area contributed by atoms with Gasteiger partial charge in [0.1, 0.15) is 42.7 Å². The molecule has 41 heavy (non-hydrogen) atoms. The van der Waals surface area contributed by atoms with E-state index in [4.69, 9.17) is 23.7 Å². The summed E-state index contributed by atoms with van der Waals surface area (Å²) < 4.78 is 27.5. The van der Waals surface area contributed by atoms with Crippen molar-refractivity contribution in [3.8, 4) is 39.5 Å². The fourth-order valence-electron chi connectivity index (χ4n) is 4.63. The van der Waals surface area contributed by atoms with Gasteiger partial charge in [-0.1, -0.05) is 60.7 Å². The molecule has 6 nitrogen and oxygen atoms in total. The lowest BCUT2D eigenvalue weighted by atomic mass is 10.0. The van der Waals surface area contributed by atoms with Crippen LogP contribution in [0.2, 0.25) is 0 Å². The Kier molecular flexibility index (Phi) is 6.85. The zero-order chi connectivity index (χ0) is 27.6. The Morgan fingerprint density at radius 2 is 1.00 bits per heavy atom. The Morgan fingerprint density at radius 1 is 0.561 bits per heavy atom. The van der Waals surface area contributed by atoms with Crippen LogP contribution >= 0.6 is 0 Å². The quantitative estimate of drug-likeness (QED) is 0.108. The van der Waals surface area contributed by atoms with Gasteiger partial charge in [-0.15, -0.1) is 0 Å². The fraction of sp³-hybridized carbons (Fsp3) is 0.171. The second kappa shape index (κ2) is 11.1. The van der Waals surface area contributed by atoms with Crippen LogP contribution in [0.1, 0.15) is 10.4 Å². The molecule has 5 aromatic rings. The van der Waals surface area contributed by atoms with Crippen molar-refractivity contribution >= 4 is 16.7 Å². The molecule has 0 N–H and O–H groups in total. The smallest absolute Gasteiger partial charge is 0.343 e. The first-order chi connectivity index (χ1) is 20.2. The standard InChI is InChI=1S/C35H28O6/c36-35(29-6-5-28-18-32(16-11-27(28)17-29)38-20-34-22-40-34)41-31-14-9-26(10-15-31)24-3-1-23(2-4-24)25-7-12-30(13-8-25)37-19-33-21-39-33/h1-18,33-34H,19-22H2. The maximum Gasteiger partial charge on any atom is 0.343 e. The number of hydrogen-bond acceptors (Lipinski definition) is 6. The highest BCUT2D eigenvalue weighted by Gasteiger charge is 2.23. The van der Waals surface area contributed by atoms with Crippen LogP contribution in [-0.2, 0) is 9.47 Å². The summed E-state index contributed by atoms with van der Waals surface area (Å²) >= 11 is 0. The van der Waals surface area contributed by atoms with Crippen molar-refractivity contribution < 1.29 is 28.5 Å². The van der Waals surface area contributed by atoms with Crippen molar-refractivity contribution in [1.29, 1.82) is 0 Å². The minimum Gasteiger partial charge on any atom is -0.491 e. The number of carbonyl (C=O) groups is 1. The van der Waals surface area contributed by atoms with Gasteiger partial charge < -0.3 is 23.7 Å². The van der Waals surface area contributed by atoms with Gasteiger partial charge in [0.25, 0.3) is 0 Å². The molecule has 2 atom stereocenters. The van der Waals surface area contributed by atoms with E-state index in [1.165, 1.54) is 0 Å². The number of rotatable bonds is 10. The van der Waals surface area contributed by atoms with Crippen molar-refractivity contribution in [2.75, 3.05) is 26.4 Å². The number of benzene rings is 5. The molecule has 0 saturated carbocycles. The molecule has 2 saturated heterocycles. The van der Waals surface area contributed by atoms with Crippen molar-refractivity contribution in [2.45, 2.75) is 12.2 Å². The van der Waals surface area contributed by atoms with Crippen molar-refractivity contribution in [1.82, 2.24) is 0 Å². The van der Waals surface area contributed by atoms with Crippen LogP contribution in [-0.4, -0.2) is 44.6 Å². The normalized spacial score (nSPS) is 17.2. The topological polar surface area (TPSA) is 69.8 Å². The Bertz CT molecular complexity index is 1670. The molecule has 5 aromatic carbocycles. The molecular weight excluding hydrogens is 516 g/mol. The minimum atomic E-state index is -0.396. The van der Waals surface area contributed by atoms with Crippen LogP contribution in [0.5, 0.6) is 17.2 Å². The molecule has 0 radical (unpaired) electrons. The van der Waals surface area contributed by atoms with Crippen LogP contribution in [0.15, 0.2) is 109 Å². The van der Waals surface area contributed by atoms with E-state index in [1.807, 2.05) is 66.7 Å². The highest BCUT2D eigenvalue weighted by atomic mass is 16.6. The molecule has 0 aliphatic carbocycles. The number of esters is 1. The van der Waals surface area contributed by atoms with Crippen LogP contribution < -0.4 is 14.2 Å². The molecule has 0 bridgehead atoms. The molecule has 2 aliphatic heterocycles. The van der Waals surface area contributed by atoms with Crippen LogP contribution in [0.25, 0.3) is 33.0 Å². The predicted molar refractivity (Wildman–Crippen MR) is 157 cm³/mol. The summed E-state index contributed by atoms with van der Waals surface area (Å²) in [5.74, 6) is 1.74. The maximum absolute atomic E-state index is 12.9. The van der Waals surface area contributed by atoms with E-state index in [9.17, 15) is 4.79 Å². The number of hydrogen-bond donors (Lipinski definition) is 0. The number of carbonyl (C=O) groups excluding carboxylic acids is 1. The van der Waals surface area contributed by atoms with Gasteiger partial charge in [0, 0.05) is 0 Å². The molecule has 204 valence electrons. The van der Waals surface area contributed by atoms with Crippen LogP contribution in [0, 0.1) is 0 Å². The highest BCUT2D eigenvalue weighted by Crippen LogP contribution is 2.29. The van der Waals surface area contributed by atoms with Gasteiger partial charge in [0.15, 0.2) is 0 Å². The fourth-order valence-corrected chi connectivity index (χ4v) is 4.63. The number of epoxide rings is 2. The maximum atomic E-state index is 12.9. The Balaban J connectivity index is 0.971. The van der Waals surface area contributed by atoms with Crippen molar-refractivity contribution in [2.24, 2.45) is 0 Å². The summed E-state index contributed by atoms with van der Waals surface area (Å²) in [7, 11) is 0. The molecule has 0 spiro atoms. The third kappa shape index (κ3) is 6.24. The Labute approximate surface area is 238 Å². The van der Waals surface area contributed by atoms with E-state index in [0.29, 0.717) is 24.5 Å². The summed E-state index contributed by atoms with van der Waals surface area (Å²) in [5.41, 5.74) is 4.87. The van der Waals surface area contributed by atoms with E-state index in [1.54, 1.807) is 6.07 Å². The first kappa shape index (κ1) is 25.3. The molecular formula is C35H28O6. The van der Waals surface area contributed by atoms with Gasteiger partial charge in [-0.05, 0) is 81.6 Å². The predicted octanol–water partition coefficient (Wildman–Crippen LogP) is 6.95. The minimum absolute atomic E-state index is 0.208. The van der Waals surface area contributed by atoms with Gasteiger partial charge in [0.2, 0.25) is 0 Å². The van der Waals surface area contributed by atoms with Gasteiger partial charge in [-0.2, -0.15) is 0 Å². The summed E-state index contributed by atoms with van der Waals surface area (Å²) in [6, 6.07) is 35.4. The van der Waals surface area contributed by atoms with Gasteiger partial charge in [-0.3, -0.25) is 0 Å². The lowest BCUT2D eigenvalue weighted by Crippen LogP contribution is -2.08. The third-order valence-electron chi connectivity index (χ3n) is 7.19. The van der Waals surface area contributed by atoms with E-state index < -0.39 is 5.97 Å². The summed E-state index contributed by atoms with van der Waals surface area (Å²) in [6.45, 7) is 2.71. The Hall–Kier alpha value is -4.65. The number of ether oxygens (including phenoxy) is 5. The van der Waals surface area contributed by atoms with E-state index in [-0.39, 0.29) is 12.2 Å². The van der Waals surface area contributed by atoms with Crippen LogP contribution in [0.3, 0.4) is 0 Å². The molecule has 2 aliphatic rings. The molecule has 2 heterocycles. The first-order valence-corrected chi connectivity index (χ1v) is 13.7. The van der Waals surface area contributed by atoms with Crippen molar-refractivity contribution in [3.63, 3.8) is 0 Å². The van der Waals surface area contributed by atoms with Crippen molar-refractivity contribution in [3.05, 3.63) is 115 Å². The average Bonchev–Trinajstić information content (AvgIpc) is 3.95. The van der Waals surface area contributed by atoms with Gasteiger partial charge >= 0.3 is 5.97 Å². The average molecular weight is 545 g/mol. The van der Waals surface area contributed by atoms with E-state index in [2.05, 4.69) is 36.4 Å². The SMILES string of the molecule is O=C(Oc1ccc(-c2ccc(-c3ccc(OCC4CO4)cc3)cc2)cc1)c1ccc2cc(OCC3CO3)ccc2c1. The number of fused-ring (bicyclic) bond motifs is 1. The second-order valence-corrected chi connectivity index (χ2v) is 10.3. The largest absolute Gasteiger partial charge is 0.491 e. The molecule has 2 fully saturated rings. The zero-order valence-corrected chi connectivity index (χ0v) is 22.3. The highest BCUT2D eigenvalue weighted by molar-refractivity contribution is 5.96. The zero-order valence-electron chi connectivity index (χ0n) is 22.3. The second-order valence-electron chi connectivity index (χ2n) is 10.3. The van der Waals surface area contributed by atoms with E-state index in [0.717, 1.165) is 57.7 Å². The third-order valence-corrected chi connectivity index (χ3v) is 7.19.